The second kappa shape index (κ2) is 4.44. The summed E-state index contributed by atoms with van der Waals surface area (Å²) in [6, 6.07) is 0.195. The summed E-state index contributed by atoms with van der Waals surface area (Å²) in [6.45, 7) is 0. The van der Waals surface area contributed by atoms with Crippen molar-refractivity contribution in [3.8, 4) is 0 Å². The highest BCUT2D eigenvalue weighted by Crippen LogP contribution is 2.26. The highest BCUT2D eigenvalue weighted by molar-refractivity contribution is 5.90. The number of amides is 1. The zero-order chi connectivity index (χ0) is 10.7. The Morgan fingerprint density at radius 2 is 2.53 bits per heavy atom. The molecule has 82 valence electrons. The molecule has 0 aliphatic heterocycles. The lowest BCUT2D eigenvalue weighted by molar-refractivity contribution is -0.117. The van der Waals surface area contributed by atoms with Crippen molar-refractivity contribution in [3.05, 3.63) is 12.4 Å². The van der Waals surface area contributed by atoms with Gasteiger partial charge in [-0.05, 0) is 18.8 Å². The number of carbonyl (C=O) groups excluding carboxylic acids is 1. The highest BCUT2D eigenvalue weighted by atomic mass is 16.1. The zero-order valence-corrected chi connectivity index (χ0v) is 8.57. The van der Waals surface area contributed by atoms with Crippen molar-refractivity contribution in [2.45, 2.75) is 31.7 Å². The minimum Gasteiger partial charge on any atom is -0.327 e. The molecule has 2 rings (SSSR count). The number of H-pyrrole nitrogens is 1. The Hall–Kier alpha value is -1.36. The molecule has 1 aliphatic rings. The van der Waals surface area contributed by atoms with Crippen LogP contribution in [0.4, 0.5) is 5.69 Å². The van der Waals surface area contributed by atoms with Gasteiger partial charge in [-0.25, -0.2) is 0 Å². The fourth-order valence-corrected chi connectivity index (χ4v) is 2.09. The van der Waals surface area contributed by atoms with E-state index < -0.39 is 0 Å². The van der Waals surface area contributed by atoms with Gasteiger partial charge in [0.1, 0.15) is 0 Å². The number of aromatic amines is 1. The molecule has 5 heteroatoms. The molecule has 0 saturated heterocycles. The molecule has 1 aromatic rings. The van der Waals surface area contributed by atoms with Gasteiger partial charge in [-0.1, -0.05) is 6.42 Å². The van der Waals surface area contributed by atoms with Crippen LogP contribution in [0.3, 0.4) is 0 Å². The summed E-state index contributed by atoms with van der Waals surface area (Å²) in [4.78, 5) is 11.6. The molecule has 1 aliphatic carbocycles. The van der Waals surface area contributed by atoms with E-state index in [-0.39, 0.29) is 11.9 Å². The SMILES string of the molecule is N[C@@H]1CCC[C@H]1CC(=O)Nc1cn[nH]c1. The highest BCUT2D eigenvalue weighted by Gasteiger charge is 2.25. The minimum absolute atomic E-state index is 0.0266. The number of hydrogen-bond donors (Lipinski definition) is 3. The van der Waals surface area contributed by atoms with Crippen molar-refractivity contribution in [3.63, 3.8) is 0 Å². The summed E-state index contributed by atoms with van der Waals surface area (Å²) in [5.41, 5.74) is 6.62. The summed E-state index contributed by atoms with van der Waals surface area (Å²) in [7, 11) is 0. The third-order valence-corrected chi connectivity index (χ3v) is 2.95. The molecule has 0 radical (unpaired) electrons. The van der Waals surface area contributed by atoms with Gasteiger partial charge in [-0.2, -0.15) is 5.10 Å². The van der Waals surface area contributed by atoms with E-state index in [1.807, 2.05) is 0 Å². The van der Waals surface area contributed by atoms with Crippen molar-refractivity contribution in [2.24, 2.45) is 11.7 Å². The van der Waals surface area contributed by atoms with Crippen LogP contribution >= 0.6 is 0 Å². The second-order valence-corrected chi connectivity index (χ2v) is 4.09. The Morgan fingerprint density at radius 1 is 1.67 bits per heavy atom. The van der Waals surface area contributed by atoms with Crippen LogP contribution in [0.5, 0.6) is 0 Å². The number of rotatable bonds is 3. The molecule has 4 N–H and O–H groups in total. The smallest absolute Gasteiger partial charge is 0.224 e. The lowest BCUT2D eigenvalue weighted by Gasteiger charge is -2.13. The molecule has 2 atom stereocenters. The van der Waals surface area contributed by atoms with Gasteiger partial charge < -0.3 is 11.1 Å². The quantitative estimate of drug-likeness (QED) is 0.689. The molecule has 1 aromatic heterocycles. The first-order valence-corrected chi connectivity index (χ1v) is 5.30. The molecule has 0 unspecified atom stereocenters. The number of nitrogens with two attached hydrogens (primary N) is 1. The van der Waals surface area contributed by atoms with Crippen LogP contribution in [-0.2, 0) is 4.79 Å². The summed E-state index contributed by atoms with van der Waals surface area (Å²) in [5.74, 6) is 0.371. The number of carbonyl (C=O) groups is 1. The van der Waals surface area contributed by atoms with Crippen molar-refractivity contribution >= 4 is 11.6 Å². The summed E-state index contributed by atoms with van der Waals surface area (Å²) in [5, 5.41) is 9.19. The maximum atomic E-state index is 11.6. The fraction of sp³-hybridized carbons (Fsp3) is 0.600. The predicted octanol–water partition coefficient (Wildman–Crippen LogP) is 0.866. The fourth-order valence-electron chi connectivity index (χ4n) is 2.09. The second-order valence-electron chi connectivity index (χ2n) is 4.09. The van der Waals surface area contributed by atoms with Gasteiger partial charge in [0.2, 0.25) is 5.91 Å². The van der Waals surface area contributed by atoms with Gasteiger partial charge in [0.25, 0.3) is 0 Å². The lowest BCUT2D eigenvalue weighted by atomic mass is 10.00. The normalized spacial score (nSPS) is 25.4. The van der Waals surface area contributed by atoms with Crippen LogP contribution in [0.15, 0.2) is 12.4 Å². The van der Waals surface area contributed by atoms with Crippen LogP contribution < -0.4 is 11.1 Å². The molecule has 1 saturated carbocycles. The molecule has 0 aromatic carbocycles. The van der Waals surface area contributed by atoms with E-state index in [1.165, 1.54) is 0 Å². The van der Waals surface area contributed by atoms with Crippen LogP contribution in [-0.4, -0.2) is 22.1 Å². The van der Waals surface area contributed by atoms with Gasteiger partial charge in [0.15, 0.2) is 0 Å². The average molecular weight is 208 g/mol. The molecular weight excluding hydrogens is 192 g/mol. The molecular formula is C10H16N4O. The first kappa shape index (κ1) is 10.2. The maximum Gasteiger partial charge on any atom is 0.224 e. The third-order valence-electron chi connectivity index (χ3n) is 2.95. The van der Waals surface area contributed by atoms with E-state index in [2.05, 4.69) is 15.5 Å². The Morgan fingerprint density at radius 3 is 3.13 bits per heavy atom. The molecule has 5 nitrogen and oxygen atoms in total. The van der Waals surface area contributed by atoms with Crippen molar-refractivity contribution < 1.29 is 4.79 Å². The van der Waals surface area contributed by atoms with E-state index in [0.29, 0.717) is 18.0 Å². The van der Waals surface area contributed by atoms with Gasteiger partial charge in [-0.3, -0.25) is 9.89 Å². The third kappa shape index (κ3) is 2.56. The van der Waals surface area contributed by atoms with Gasteiger partial charge in [0.05, 0.1) is 11.9 Å². The molecule has 0 bridgehead atoms. The Kier molecular flexibility index (Phi) is 3.01. The van der Waals surface area contributed by atoms with E-state index >= 15 is 0 Å². The zero-order valence-electron chi connectivity index (χ0n) is 8.57. The van der Waals surface area contributed by atoms with Crippen molar-refractivity contribution in [2.75, 3.05) is 5.32 Å². The molecule has 1 fully saturated rings. The van der Waals surface area contributed by atoms with E-state index in [0.717, 1.165) is 19.3 Å². The van der Waals surface area contributed by atoms with Gasteiger partial charge in [0, 0.05) is 18.7 Å². The Labute approximate surface area is 88.4 Å². The number of aromatic nitrogens is 2. The van der Waals surface area contributed by atoms with Crippen LogP contribution in [0.1, 0.15) is 25.7 Å². The van der Waals surface area contributed by atoms with Crippen molar-refractivity contribution in [1.82, 2.24) is 10.2 Å². The molecule has 1 heterocycles. The molecule has 1 amide bonds. The number of nitrogens with zero attached hydrogens (tertiary/aromatic N) is 1. The van der Waals surface area contributed by atoms with Crippen LogP contribution in [0.25, 0.3) is 0 Å². The Balaban J connectivity index is 1.82. The Bertz CT molecular complexity index is 322. The van der Waals surface area contributed by atoms with E-state index in [1.54, 1.807) is 12.4 Å². The van der Waals surface area contributed by atoms with E-state index in [9.17, 15) is 4.79 Å². The first-order valence-electron chi connectivity index (χ1n) is 5.30. The monoisotopic (exact) mass is 208 g/mol. The van der Waals surface area contributed by atoms with Gasteiger partial charge >= 0.3 is 0 Å². The average Bonchev–Trinajstić information content (AvgIpc) is 2.79. The number of nitrogens with one attached hydrogen (secondary N) is 2. The van der Waals surface area contributed by atoms with Crippen LogP contribution in [0.2, 0.25) is 0 Å². The lowest BCUT2D eigenvalue weighted by Crippen LogP contribution is -2.28. The van der Waals surface area contributed by atoms with Gasteiger partial charge in [-0.15, -0.1) is 0 Å². The summed E-state index contributed by atoms with van der Waals surface area (Å²) < 4.78 is 0. The summed E-state index contributed by atoms with van der Waals surface area (Å²) in [6.07, 6.45) is 7.03. The largest absolute Gasteiger partial charge is 0.327 e. The minimum atomic E-state index is 0.0266. The topological polar surface area (TPSA) is 83.8 Å². The maximum absolute atomic E-state index is 11.6. The van der Waals surface area contributed by atoms with Crippen LogP contribution in [0, 0.1) is 5.92 Å². The predicted molar refractivity (Wildman–Crippen MR) is 57.2 cm³/mol. The van der Waals surface area contributed by atoms with Crippen molar-refractivity contribution in [1.29, 1.82) is 0 Å². The van der Waals surface area contributed by atoms with E-state index in [4.69, 9.17) is 5.73 Å². The molecule has 15 heavy (non-hydrogen) atoms. The standard InChI is InChI=1S/C10H16N4O/c11-9-3-1-2-7(9)4-10(15)14-8-5-12-13-6-8/h5-7,9H,1-4,11H2,(H,12,13)(H,14,15)/t7-,9+/m0/s1. The molecule has 0 spiro atoms. The number of hydrogen-bond acceptors (Lipinski definition) is 3. The number of anilines is 1. The summed E-state index contributed by atoms with van der Waals surface area (Å²) >= 11 is 0. The first-order chi connectivity index (χ1) is 7.25.